The number of carbonyl (C=O) groups excluding carboxylic acids is 5. The number of esters is 1. The van der Waals surface area contributed by atoms with Crippen molar-refractivity contribution in [3.05, 3.63) is 41.7 Å². The number of hydrogen-bond donors (Lipinski definition) is 4. The van der Waals surface area contributed by atoms with Crippen LogP contribution < -0.4 is 21.1 Å². The Labute approximate surface area is 231 Å². The number of nitrogens with zero attached hydrogens (tertiary/aromatic N) is 1. The van der Waals surface area contributed by atoms with Crippen LogP contribution in [0.3, 0.4) is 0 Å². The molecule has 1 heterocycles. The minimum atomic E-state index is -0.705. The molecule has 0 unspecified atom stereocenters. The summed E-state index contributed by atoms with van der Waals surface area (Å²) in [4.78, 5) is 59.8. The zero-order chi connectivity index (χ0) is 29.7. The predicted molar refractivity (Wildman–Crippen MR) is 142 cm³/mol. The molecule has 218 valence electrons. The van der Waals surface area contributed by atoms with Crippen LogP contribution in [-0.4, -0.2) is 66.8 Å². The number of hydroxylamine groups is 2. The van der Waals surface area contributed by atoms with Gasteiger partial charge in [-0.1, -0.05) is 33.1 Å². The molecule has 0 saturated heterocycles. The molecule has 1 aromatic heterocycles. The normalized spacial score (nSPS) is 12.1. The maximum absolute atomic E-state index is 12.9. The molecule has 0 radical (unpaired) electrons. The summed E-state index contributed by atoms with van der Waals surface area (Å²) in [7, 11) is 1.21. The number of ether oxygens (including phenoxy) is 2. The molecule has 13 nitrogen and oxygen atoms in total. The summed E-state index contributed by atoms with van der Waals surface area (Å²) in [6, 6.07) is 6.57. The number of carbonyl (C=O) groups is 5. The Kier molecular flexibility index (Phi) is 12.6. The maximum Gasteiger partial charge on any atom is 0.338 e. The molecular weight excluding hydrogens is 524 g/mol. The molecule has 0 aliphatic carbocycles. The van der Waals surface area contributed by atoms with Crippen LogP contribution in [0.4, 0.5) is 0 Å². The number of primary amides is 1. The van der Waals surface area contributed by atoms with Gasteiger partial charge in [0.1, 0.15) is 11.5 Å². The van der Waals surface area contributed by atoms with E-state index in [0.29, 0.717) is 23.5 Å². The van der Waals surface area contributed by atoms with Gasteiger partial charge >= 0.3 is 5.97 Å². The van der Waals surface area contributed by atoms with E-state index >= 15 is 0 Å². The van der Waals surface area contributed by atoms with Crippen LogP contribution in [-0.2, 0) is 19.1 Å². The average Bonchev–Trinajstić information content (AvgIpc) is 3.45. The summed E-state index contributed by atoms with van der Waals surface area (Å²) < 4.78 is 15.7. The van der Waals surface area contributed by atoms with Gasteiger partial charge in [-0.05, 0) is 43.2 Å². The Morgan fingerprint density at radius 1 is 1.12 bits per heavy atom. The number of hydrogen-bond acceptors (Lipinski definition) is 9. The van der Waals surface area contributed by atoms with E-state index in [-0.39, 0.29) is 35.9 Å². The van der Waals surface area contributed by atoms with Crippen LogP contribution in [0.5, 0.6) is 5.75 Å². The van der Waals surface area contributed by atoms with Crippen molar-refractivity contribution in [3.63, 3.8) is 0 Å². The highest BCUT2D eigenvalue weighted by molar-refractivity contribution is 5.93. The van der Waals surface area contributed by atoms with Crippen LogP contribution >= 0.6 is 0 Å². The molecule has 1 aromatic carbocycles. The van der Waals surface area contributed by atoms with E-state index in [1.807, 2.05) is 6.92 Å². The highest BCUT2D eigenvalue weighted by atomic mass is 16.5. The van der Waals surface area contributed by atoms with E-state index in [9.17, 15) is 29.2 Å². The fourth-order valence-corrected chi connectivity index (χ4v) is 4.11. The van der Waals surface area contributed by atoms with Crippen molar-refractivity contribution in [2.75, 3.05) is 20.4 Å². The molecule has 0 aliphatic heterocycles. The quantitative estimate of drug-likeness (QED) is 0.0561. The van der Waals surface area contributed by atoms with E-state index in [1.165, 1.54) is 37.4 Å². The predicted octanol–water partition coefficient (Wildman–Crippen LogP) is 2.22. The highest BCUT2D eigenvalue weighted by Gasteiger charge is 2.30. The van der Waals surface area contributed by atoms with Crippen molar-refractivity contribution < 1.29 is 43.1 Å². The first kappa shape index (κ1) is 31.8. The average molecular weight is 561 g/mol. The molecule has 2 atom stereocenters. The van der Waals surface area contributed by atoms with Crippen LogP contribution in [0.1, 0.15) is 66.9 Å². The smallest absolute Gasteiger partial charge is 0.338 e. The molecule has 0 spiro atoms. The molecular formula is C27H36N4O9. The number of unbranched alkanes of at least 4 members (excludes halogenated alkanes) is 2. The van der Waals surface area contributed by atoms with E-state index in [2.05, 4.69) is 10.6 Å². The topological polar surface area (TPSA) is 190 Å². The van der Waals surface area contributed by atoms with Gasteiger partial charge in [0.25, 0.3) is 11.8 Å². The number of benzene rings is 1. The molecule has 0 aliphatic rings. The lowest BCUT2D eigenvalue weighted by molar-refractivity contribution is -0.168. The molecule has 0 fully saturated rings. The lowest BCUT2D eigenvalue weighted by Crippen LogP contribution is -2.47. The molecule has 40 heavy (non-hydrogen) atoms. The van der Waals surface area contributed by atoms with Crippen molar-refractivity contribution in [2.24, 2.45) is 11.7 Å². The van der Waals surface area contributed by atoms with Gasteiger partial charge in [0, 0.05) is 5.56 Å². The third-order valence-electron chi connectivity index (χ3n) is 6.12. The second-order valence-electron chi connectivity index (χ2n) is 8.94. The number of furan rings is 1. The third-order valence-corrected chi connectivity index (χ3v) is 6.12. The van der Waals surface area contributed by atoms with Crippen LogP contribution in [0.2, 0.25) is 0 Å². The van der Waals surface area contributed by atoms with E-state index in [4.69, 9.17) is 19.6 Å². The summed E-state index contributed by atoms with van der Waals surface area (Å²) in [5.74, 6) is -2.72. The SMILES string of the molecule is CCCCC[C@@H](C(=O)NCNC(=O)c1ccc(-c2cc(OCC(N)=O)cc(C(=O)OC)c2)o1)[C@@H](CC)N(O)C=O. The van der Waals surface area contributed by atoms with Crippen molar-refractivity contribution in [2.45, 2.75) is 52.0 Å². The molecule has 0 bridgehead atoms. The maximum atomic E-state index is 12.9. The van der Waals surface area contributed by atoms with Gasteiger partial charge in [-0.3, -0.25) is 24.4 Å². The number of amides is 4. The first-order chi connectivity index (χ1) is 19.1. The fraction of sp³-hybridized carbons (Fsp3) is 0.444. The molecule has 2 aromatic rings. The van der Waals surface area contributed by atoms with Crippen molar-refractivity contribution >= 4 is 30.1 Å². The number of nitrogens with two attached hydrogens (primary N) is 1. The summed E-state index contributed by atoms with van der Waals surface area (Å²) in [6.07, 6.45) is 3.69. The lowest BCUT2D eigenvalue weighted by Gasteiger charge is -2.29. The minimum Gasteiger partial charge on any atom is -0.484 e. The van der Waals surface area contributed by atoms with Gasteiger partial charge in [-0.25, -0.2) is 9.86 Å². The van der Waals surface area contributed by atoms with E-state index in [0.717, 1.165) is 19.3 Å². The van der Waals surface area contributed by atoms with Gasteiger partial charge < -0.3 is 30.3 Å². The minimum absolute atomic E-state index is 0.0688. The van der Waals surface area contributed by atoms with Crippen molar-refractivity contribution in [1.29, 1.82) is 0 Å². The first-order valence-corrected chi connectivity index (χ1v) is 12.9. The second-order valence-corrected chi connectivity index (χ2v) is 8.94. The summed E-state index contributed by atoms with van der Waals surface area (Å²) in [6.45, 7) is 3.16. The Hall–Kier alpha value is -4.39. The largest absolute Gasteiger partial charge is 0.484 e. The first-order valence-electron chi connectivity index (χ1n) is 12.9. The zero-order valence-electron chi connectivity index (χ0n) is 22.8. The summed E-state index contributed by atoms with van der Waals surface area (Å²) in [5.41, 5.74) is 5.62. The fourth-order valence-electron chi connectivity index (χ4n) is 4.11. The second kappa shape index (κ2) is 15.9. The number of rotatable bonds is 17. The van der Waals surface area contributed by atoms with Crippen molar-refractivity contribution in [1.82, 2.24) is 15.7 Å². The molecule has 5 N–H and O–H groups in total. The Balaban J connectivity index is 2.10. The van der Waals surface area contributed by atoms with Gasteiger partial charge in [0.05, 0.1) is 31.3 Å². The standard InChI is InChI=1S/C27H36N4O9/c1-4-6-7-8-20(21(5-2)31(37)16-32)25(34)29-15-30-26(35)23-10-9-22(40-23)17-11-18(27(36)38-3)13-19(12-17)39-14-24(28)33/h9-13,16,20-21,37H,4-8,14-15H2,1-3H3,(H2,28,33)(H,29,34)(H,30,35)/t20-,21-/m1/s1. The lowest BCUT2D eigenvalue weighted by atomic mass is 9.90. The van der Waals surface area contributed by atoms with Crippen LogP contribution in [0.15, 0.2) is 34.7 Å². The van der Waals surface area contributed by atoms with Gasteiger partial charge in [-0.15, -0.1) is 0 Å². The summed E-state index contributed by atoms with van der Waals surface area (Å²) >= 11 is 0. The van der Waals surface area contributed by atoms with Gasteiger partial charge in [0.2, 0.25) is 12.3 Å². The zero-order valence-corrected chi connectivity index (χ0v) is 22.8. The third kappa shape index (κ3) is 9.12. The number of nitrogens with one attached hydrogen (secondary N) is 2. The monoisotopic (exact) mass is 560 g/mol. The van der Waals surface area contributed by atoms with E-state index in [1.54, 1.807) is 6.92 Å². The summed E-state index contributed by atoms with van der Waals surface area (Å²) in [5, 5.41) is 15.6. The van der Waals surface area contributed by atoms with Crippen molar-refractivity contribution in [3.8, 4) is 17.1 Å². The highest BCUT2D eigenvalue weighted by Crippen LogP contribution is 2.28. The van der Waals surface area contributed by atoms with E-state index < -0.39 is 42.3 Å². The number of methoxy groups -OCH3 is 1. The Morgan fingerprint density at radius 3 is 2.50 bits per heavy atom. The Morgan fingerprint density at radius 2 is 1.88 bits per heavy atom. The molecule has 13 heteroatoms. The molecule has 0 saturated carbocycles. The van der Waals surface area contributed by atoms with Gasteiger partial charge in [0.15, 0.2) is 12.4 Å². The van der Waals surface area contributed by atoms with Crippen LogP contribution in [0, 0.1) is 5.92 Å². The molecule has 2 rings (SSSR count). The van der Waals surface area contributed by atoms with Crippen LogP contribution in [0.25, 0.3) is 11.3 Å². The molecule has 4 amide bonds. The van der Waals surface area contributed by atoms with Gasteiger partial charge in [-0.2, -0.15) is 0 Å². The Bertz CT molecular complexity index is 1180.